The quantitative estimate of drug-likeness (QED) is 0.686. The van der Waals surface area contributed by atoms with Gasteiger partial charge in [0.05, 0.1) is 17.9 Å². The first-order valence-corrected chi connectivity index (χ1v) is 8.87. The largest absolute Gasteiger partial charge is 0.491 e. The van der Waals surface area contributed by atoms with Crippen LogP contribution in [0.15, 0.2) is 66.7 Å². The molecule has 4 rings (SSSR count). The van der Waals surface area contributed by atoms with Gasteiger partial charge in [0.2, 0.25) is 0 Å². The molecule has 0 bridgehead atoms. The minimum Gasteiger partial charge on any atom is -0.491 e. The van der Waals surface area contributed by atoms with Crippen LogP contribution in [0, 0.1) is 0 Å². The van der Waals surface area contributed by atoms with Crippen LogP contribution in [0.3, 0.4) is 0 Å². The highest BCUT2D eigenvalue weighted by Crippen LogP contribution is 2.31. The van der Waals surface area contributed by atoms with Gasteiger partial charge in [-0.3, -0.25) is 4.79 Å². The summed E-state index contributed by atoms with van der Waals surface area (Å²) in [6.45, 7) is 1.52. The number of nitrogen functional groups attached to an aromatic ring is 2. The maximum atomic E-state index is 12.8. The van der Waals surface area contributed by atoms with Crippen molar-refractivity contribution in [3.63, 3.8) is 0 Å². The Labute approximate surface area is 158 Å². The number of carbonyl (C=O) groups is 1. The van der Waals surface area contributed by atoms with Crippen molar-refractivity contribution in [2.24, 2.45) is 0 Å². The Morgan fingerprint density at radius 3 is 2.41 bits per heavy atom. The predicted octanol–water partition coefficient (Wildman–Crippen LogP) is 3.55. The third-order valence-corrected chi connectivity index (χ3v) is 4.77. The summed E-state index contributed by atoms with van der Waals surface area (Å²) in [5, 5.41) is 0. The number of benzene rings is 3. The molecule has 0 saturated carbocycles. The molecule has 0 fully saturated rings. The molecule has 0 radical (unpaired) electrons. The van der Waals surface area contributed by atoms with Crippen LogP contribution in [0.1, 0.15) is 15.9 Å². The molecule has 0 aromatic heterocycles. The van der Waals surface area contributed by atoms with Crippen molar-refractivity contribution in [3.8, 4) is 16.9 Å². The third-order valence-electron chi connectivity index (χ3n) is 4.77. The van der Waals surface area contributed by atoms with Gasteiger partial charge >= 0.3 is 0 Å². The van der Waals surface area contributed by atoms with Crippen molar-refractivity contribution in [1.29, 1.82) is 0 Å². The number of nitrogens with zero attached hydrogens (tertiary/aromatic N) is 1. The highest BCUT2D eigenvalue weighted by Gasteiger charge is 2.21. The van der Waals surface area contributed by atoms with E-state index in [9.17, 15) is 4.79 Å². The van der Waals surface area contributed by atoms with Crippen molar-refractivity contribution >= 4 is 17.3 Å². The molecule has 0 unspecified atom stereocenters. The van der Waals surface area contributed by atoms with Gasteiger partial charge in [0.15, 0.2) is 0 Å². The Balaban J connectivity index is 1.65. The van der Waals surface area contributed by atoms with Gasteiger partial charge in [0, 0.05) is 17.7 Å². The predicted molar refractivity (Wildman–Crippen MR) is 107 cm³/mol. The minimum absolute atomic E-state index is 0.00850. The number of hydrogen-bond donors (Lipinski definition) is 2. The average molecular weight is 359 g/mol. The van der Waals surface area contributed by atoms with E-state index in [-0.39, 0.29) is 5.91 Å². The van der Waals surface area contributed by atoms with Crippen molar-refractivity contribution in [1.82, 2.24) is 4.90 Å². The molecule has 0 aliphatic carbocycles. The van der Waals surface area contributed by atoms with E-state index in [4.69, 9.17) is 16.2 Å². The van der Waals surface area contributed by atoms with Gasteiger partial charge in [0.25, 0.3) is 5.91 Å². The molecule has 5 heteroatoms. The maximum absolute atomic E-state index is 12.8. The Morgan fingerprint density at radius 2 is 1.63 bits per heavy atom. The average Bonchev–Trinajstić information content (AvgIpc) is 2.92. The molecule has 136 valence electrons. The van der Waals surface area contributed by atoms with E-state index in [1.54, 1.807) is 6.07 Å². The molecule has 3 aromatic rings. The summed E-state index contributed by atoms with van der Waals surface area (Å²) in [7, 11) is 0. The molecule has 1 amide bonds. The lowest BCUT2D eigenvalue weighted by Gasteiger charge is -2.20. The first kappa shape index (κ1) is 17.0. The smallest absolute Gasteiger partial charge is 0.254 e. The molecule has 1 aliphatic heterocycles. The van der Waals surface area contributed by atoms with Gasteiger partial charge in [0.1, 0.15) is 12.4 Å². The number of carbonyl (C=O) groups excluding carboxylic acids is 1. The number of amides is 1. The van der Waals surface area contributed by atoms with Crippen LogP contribution < -0.4 is 16.2 Å². The lowest BCUT2D eigenvalue weighted by atomic mass is 10.0. The molecule has 0 spiro atoms. The lowest BCUT2D eigenvalue weighted by molar-refractivity contribution is 0.0733. The van der Waals surface area contributed by atoms with E-state index in [1.807, 2.05) is 59.5 Å². The van der Waals surface area contributed by atoms with Crippen LogP contribution in [0.2, 0.25) is 0 Å². The summed E-state index contributed by atoms with van der Waals surface area (Å²) >= 11 is 0. The van der Waals surface area contributed by atoms with Gasteiger partial charge < -0.3 is 21.1 Å². The van der Waals surface area contributed by atoms with E-state index in [1.165, 1.54) is 0 Å². The van der Waals surface area contributed by atoms with Crippen molar-refractivity contribution in [2.75, 3.05) is 24.6 Å². The van der Waals surface area contributed by atoms with Crippen LogP contribution >= 0.6 is 0 Å². The normalized spacial score (nSPS) is 13.4. The molecule has 4 N–H and O–H groups in total. The number of fused-ring (bicyclic) bond motifs is 1. The Hall–Kier alpha value is -3.47. The Kier molecular flexibility index (Phi) is 4.42. The zero-order valence-corrected chi connectivity index (χ0v) is 14.9. The van der Waals surface area contributed by atoms with Gasteiger partial charge in [-0.25, -0.2) is 0 Å². The molecule has 0 atom stereocenters. The number of nitrogens with two attached hydrogens (primary N) is 2. The second kappa shape index (κ2) is 7.03. The number of hydrogen-bond acceptors (Lipinski definition) is 4. The van der Waals surface area contributed by atoms with Crippen molar-refractivity contribution in [3.05, 3.63) is 77.9 Å². The second-order valence-electron chi connectivity index (χ2n) is 6.61. The Morgan fingerprint density at radius 1 is 0.889 bits per heavy atom. The van der Waals surface area contributed by atoms with Gasteiger partial charge in [-0.2, -0.15) is 0 Å². The van der Waals surface area contributed by atoms with E-state index in [0.717, 1.165) is 22.4 Å². The molecule has 27 heavy (non-hydrogen) atoms. The molecular formula is C22H21N3O2. The second-order valence-corrected chi connectivity index (χ2v) is 6.61. The van der Waals surface area contributed by atoms with Crippen molar-refractivity contribution in [2.45, 2.75) is 6.54 Å². The fraction of sp³-hybridized carbons (Fsp3) is 0.136. The molecule has 1 aliphatic rings. The summed E-state index contributed by atoms with van der Waals surface area (Å²) in [6.07, 6.45) is 0. The van der Waals surface area contributed by atoms with Crippen LogP contribution in [0.25, 0.3) is 11.1 Å². The van der Waals surface area contributed by atoms with Crippen molar-refractivity contribution < 1.29 is 9.53 Å². The van der Waals surface area contributed by atoms with Crippen LogP contribution in [-0.4, -0.2) is 24.0 Å². The van der Waals surface area contributed by atoms with Crippen LogP contribution in [-0.2, 0) is 6.54 Å². The fourth-order valence-electron chi connectivity index (χ4n) is 3.26. The third kappa shape index (κ3) is 3.44. The van der Waals surface area contributed by atoms with Gasteiger partial charge in [-0.1, -0.05) is 30.3 Å². The summed E-state index contributed by atoms with van der Waals surface area (Å²) in [5.41, 5.74) is 16.5. The summed E-state index contributed by atoms with van der Waals surface area (Å²) in [4.78, 5) is 14.7. The molecule has 1 heterocycles. The fourth-order valence-corrected chi connectivity index (χ4v) is 3.26. The number of rotatable bonds is 2. The molecular weight excluding hydrogens is 338 g/mol. The van der Waals surface area contributed by atoms with Crippen LogP contribution in [0.4, 0.5) is 11.4 Å². The topological polar surface area (TPSA) is 81.6 Å². The van der Waals surface area contributed by atoms with Gasteiger partial charge in [-0.15, -0.1) is 0 Å². The SMILES string of the molecule is Nc1ccc(-c2ccc3c(c2)CN(C(=O)c2ccccc2)CCO3)cc1N. The van der Waals surface area contributed by atoms with E-state index in [0.29, 0.717) is 36.6 Å². The minimum atomic E-state index is 0.00850. The monoisotopic (exact) mass is 359 g/mol. The maximum Gasteiger partial charge on any atom is 0.254 e. The van der Waals surface area contributed by atoms with E-state index < -0.39 is 0 Å². The highest BCUT2D eigenvalue weighted by atomic mass is 16.5. The van der Waals surface area contributed by atoms with E-state index in [2.05, 4.69) is 6.07 Å². The van der Waals surface area contributed by atoms with Crippen LogP contribution in [0.5, 0.6) is 5.75 Å². The lowest BCUT2D eigenvalue weighted by Crippen LogP contribution is -2.32. The first-order chi connectivity index (χ1) is 13.1. The summed E-state index contributed by atoms with van der Waals surface area (Å²) in [5.74, 6) is 0.819. The zero-order chi connectivity index (χ0) is 18.8. The molecule has 3 aromatic carbocycles. The van der Waals surface area contributed by atoms with Gasteiger partial charge in [-0.05, 0) is 47.5 Å². The number of anilines is 2. The highest BCUT2D eigenvalue weighted by molar-refractivity contribution is 5.94. The summed E-state index contributed by atoms with van der Waals surface area (Å²) in [6, 6.07) is 20.9. The summed E-state index contributed by atoms with van der Waals surface area (Å²) < 4.78 is 5.86. The van der Waals surface area contributed by atoms with E-state index >= 15 is 0 Å². The molecule has 5 nitrogen and oxygen atoms in total. The Bertz CT molecular complexity index is 986. The zero-order valence-electron chi connectivity index (χ0n) is 14.9. The standard InChI is InChI=1S/C22H21N3O2/c23-19-8-6-17(13-20(19)24)16-7-9-21-18(12-16)14-25(10-11-27-21)22(26)15-4-2-1-3-5-15/h1-9,12-13H,10-11,14,23-24H2. The first-order valence-electron chi connectivity index (χ1n) is 8.87. The molecule has 0 saturated heterocycles. The number of ether oxygens (including phenoxy) is 1.